The Labute approximate surface area is 142 Å². The second-order valence-electron chi connectivity index (χ2n) is 6.23. The first kappa shape index (κ1) is 18.0. The van der Waals surface area contributed by atoms with Gasteiger partial charge in [-0.25, -0.2) is 9.78 Å². The van der Waals surface area contributed by atoms with Gasteiger partial charge in [-0.2, -0.15) is 0 Å². The zero-order chi connectivity index (χ0) is 17.4. The van der Waals surface area contributed by atoms with Crippen LogP contribution in [0.25, 0.3) is 0 Å². The third-order valence-electron chi connectivity index (χ3n) is 3.97. The number of nitrogens with one attached hydrogen (secondary N) is 2. The molecule has 24 heavy (non-hydrogen) atoms. The van der Waals surface area contributed by atoms with Gasteiger partial charge in [0.15, 0.2) is 0 Å². The summed E-state index contributed by atoms with van der Waals surface area (Å²) in [5, 5.41) is 15.1. The molecular formula is C18H26N4O2. The smallest absolute Gasteiger partial charge is 0.315 e. The van der Waals surface area contributed by atoms with Crippen LogP contribution in [0, 0.1) is 0 Å². The highest BCUT2D eigenvalue weighted by Crippen LogP contribution is 2.11. The second kappa shape index (κ2) is 8.49. The van der Waals surface area contributed by atoms with E-state index < -0.39 is 5.54 Å². The lowest BCUT2D eigenvalue weighted by molar-refractivity contribution is 0.163. The van der Waals surface area contributed by atoms with Crippen molar-refractivity contribution in [3.63, 3.8) is 0 Å². The molecule has 2 amide bonds. The van der Waals surface area contributed by atoms with Crippen LogP contribution >= 0.6 is 0 Å². The molecule has 3 N–H and O–H groups in total. The summed E-state index contributed by atoms with van der Waals surface area (Å²) in [6.07, 6.45) is 5.24. The van der Waals surface area contributed by atoms with E-state index in [4.69, 9.17) is 0 Å². The summed E-state index contributed by atoms with van der Waals surface area (Å²) < 4.78 is 2.01. The van der Waals surface area contributed by atoms with Gasteiger partial charge in [0.2, 0.25) is 0 Å². The largest absolute Gasteiger partial charge is 0.394 e. The third kappa shape index (κ3) is 5.09. The van der Waals surface area contributed by atoms with E-state index in [1.54, 1.807) is 6.20 Å². The van der Waals surface area contributed by atoms with Gasteiger partial charge in [0, 0.05) is 18.9 Å². The Balaban J connectivity index is 1.91. The Hall–Kier alpha value is -2.34. The first-order valence-corrected chi connectivity index (χ1v) is 8.27. The molecule has 0 aliphatic heterocycles. The van der Waals surface area contributed by atoms with Gasteiger partial charge in [-0.15, -0.1) is 0 Å². The molecule has 0 saturated heterocycles. The maximum absolute atomic E-state index is 12.1. The van der Waals surface area contributed by atoms with Crippen molar-refractivity contribution in [1.29, 1.82) is 0 Å². The predicted molar refractivity (Wildman–Crippen MR) is 93.5 cm³/mol. The van der Waals surface area contributed by atoms with E-state index in [1.807, 2.05) is 42.8 Å². The SMILES string of the molecule is CCCC(C)(CO)NC(=O)NCc1nccn1Cc1ccccc1. The average molecular weight is 330 g/mol. The number of benzene rings is 1. The molecule has 1 aromatic heterocycles. The van der Waals surface area contributed by atoms with Crippen LogP contribution in [-0.2, 0) is 13.1 Å². The molecule has 6 heteroatoms. The Morgan fingerprint density at radius 1 is 1.33 bits per heavy atom. The molecule has 1 unspecified atom stereocenters. The lowest BCUT2D eigenvalue weighted by Gasteiger charge is -2.28. The van der Waals surface area contributed by atoms with Crippen LogP contribution in [0.15, 0.2) is 42.7 Å². The number of imidazole rings is 1. The van der Waals surface area contributed by atoms with E-state index in [2.05, 4.69) is 27.8 Å². The standard InChI is InChI=1S/C18H26N4O2/c1-3-9-18(2,14-23)21-17(24)20-12-16-19-10-11-22(16)13-15-7-5-4-6-8-15/h4-8,10-11,23H,3,9,12-14H2,1-2H3,(H2,20,21,24). The normalized spacial score (nSPS) is 13.3. The van der Waals surface area contributed by atoms with Crippen LogP contribution in [0.4, 0.5) is 4.79 Å². The second-order valence-corrected chi connectivity index (χ2v) is 6.23. The van der Waals surface area contributed by atoms with Crippen molar-refractivity contribution in [3.05, 3.63) is 54.1 Å². The monoisotopic (exact) mass is 330 g/mol. The van der Waals surface area contributed by atoms with Crippen LogP contribution in [0.2, 0.25) is 0 Å². The van der Waals surface area contributed by atoms with E-state index in [0.717, 1.165) is 18.7 Å². The highest BCUT2D eigenvalue weighted by atomic mass is 16.3. The highest BCUT2D eigenvalue weighted by molar-refractivity contribution is 5.74. The number of aromatic nitrogens is 2. The Morgan fingerprint density at radius 2 is 2.08 bits per heavy atom. The van der Waals surface area contributed by atoms with Crippen molar-refractivity contribution in [1.82, 2.24) is 20.2 Å². The number of urea groups is 1. The first-order chi connectivity index (χ1) is 11.6. The number of rotatable bonds is 8. The third-order valence-corrected chi connectivity index (χ3v) is 3.97. The van der Waals surface area contributed by atoms with Gasteiger partial charge in [0.25, 0.3) is 0 Å². The maximum Gasteiger partial charge on any atom is 0.315 e. The number of carbonyl (C=O) groups is 1. The number of hydrogen-bond acceptors (Lipinski definition) is 3. The van der Waals surface area contributed by atoms with Crippen LogP contribution in [0.3, 0.4) is 0 Å². The van der Waals surface area contributed by atoms with E-state index in [0.29, 0.717) is 13.1 Å². The first-order valence-electron chi connectivity index (χ1n) is 8.27. The Bertz CT molecular complexity index is 641. The summed E-state index contributed by atoms with van der Waals surface area (Å²) in [6, 6.07) is 9.80. The Morgan fingerprint density at radius 3 is 2.75 bits per heavy atom. The molecule has 130 valence electrons. The summed E-state index contributed by atoms with van der Waals surface area (Å²) in [4.78, 5) is 16.4. The molecule has 2 rings (SSSR count). The minimum atomic E-state index is -0.599. The van der Waals surface area contributed by atoms with E-state index in [-0.39, 0.29) is 12.6 Å². The molecule has 0 bridgehead atoms. The zero-order valence-electron chi connectivity index (χ0n) is 14.3. The summed E-state index contributed by atoms with van der Waals surface area (Å²) in [6.45, 7) is 4.82. The van der Waals surface area contributed by atoms with Crippen molar-refractivity contribution in [2.75, 3.05) is 6.61 Å². The number of carbonyl (C=O) groups excluding carboxylic acids is 1. The van der Waals surface area contributed by atoms with Gasteiger partial charge < -0.3 is 20.3 Å². The van der Waals surface area contributed by atoms with Gasteiger partial charge in [0.1, 0.15) is 5.82 Å². The molecule has 0 spiro atoms. The maximum atomic E-state index is 12.1. The minimum Gasteiger partial charge on any atom is -0.394 e. The topological polar surface area (TPSA) is 79.2 Å². The average Bonchev–Trinajstić information content (AvgIpc) is 3.01. The molecule has 1 aromatic carbocycles. The summed E-state index contributed by atoms with van der Waals surface area (Å²) in [7, 11) is 0. The number of aliphatic hydroxyl groups excluding tert-OH is 1. The van der Waals surface area contributed by atoms with E-state index in [1.165, 1.54) is 5.56 Å². The number of aliphatic hydroxyl groups is 1. The van der Waals surface area contributed by atoms with Crippen molar-refractivity contribution in [3.8, 4) is 0 Å². The van der Waals surface area contributed by atoms with Gasteiger partial charge in [0.05, 0.1) is 18.7 Å². The van der Waals surface area contributed by atoms with Crippen molar-refractivity contribution >= 4 is 6.03 Å². The number of hydrogen-bond donors (Lipinski definition) is 3. The van der Waals surface area contributed by atoms with Crippen molar-refractivity contribution in [2.45, 2.75) is 45.3 Å². The summed E-state index contributed by atoms with van der Waals surface area (Å²) in [5.74, 6) is 0.787. The molecule has 2 aromatic rings. The summed E-state index contributed by atoms with van der Waals surface area (Å²) >= 11 is 0. The highest BCUT2D eigenvalue weighted by Gasteiger charge is 2.24. The van der Waals surface area contributed by atoms with Crippen molar-refractivity contribution in [2.24, 2.45) is 0 Å². The van der Waals surface area contributed by atoms with Crippen LogP contribution < -0.4 is 10.6 Å². The molecule has 0 aliphatic rings. The predicted octanol–water partition coefficient (Wildman–Crippen LogP) is 2.28. The molecule has 0 radical (unpaired) electrons. The molecule has 0 aliphatic carbocycles. The van der Waals surface area contributed by atoms with Gasteiger partial charge in [-0.3, -0.25) is 0 Å². The molecule has 0 saturated carbocycles. The molecule has 1 heterocycles. The molecule has 6 nitrogen and oxygen atoms in total. The fraction of sp³-hybridized carbons (Fsp3) is 0.444. The minimum absolute atomic E-state index is 0.0864. The van der Waals surface area contributed by atoms with E-state index in [9.17, 15) is 9.90 Å². The lowest BCUT2D eigenvalue weighted by atomic mass is 9.98. The van der Waals surface area contributed by atoms with Crippen molar-refractivity contribution < 1.29 is 9.90 Å². The molecule has 1 atom stereocenters. The quantitative estimate of drug-likeness (QED) is 0.695. The van der Waals surface area contributed by atoms with Crippen LogP contribution in [0.5, 0.6) is 0 Å². The number of nitrogens with zero attached hydrogens (tertiary/aromatic N) is 2. The van der Waals surface area contributed by atoms with Gasteiger partial charge in [-0.05, 0) is 18.9 Å². The number of amides is 2. The Kier molecular flexibility index (Phi) is 6.37. The summed E-state index contributed by atoms with van der Waals surface area (Å²) in [5.41, 5.74) is 0.579. The van der Waals surface area contributed by atoms with E-state index >= 15 is 0 Å². The van der Waals surface area contributed by atoms with Crippen LogP contribution in [0.1, 0.15) is 38.1 Å². The van der Waals surface area contributed by atoms with Gasteiger partial charge in [-0.1, -0.05) is 43.7 Å². The van der Waals surface area contributed by atoms with Gasteiger partial charge >= 0.3 is 6.03 Å². The van der Waals surface area contributed by atoms with Crippen LogP contribution in [-0.4, -0.2) is 32.8 Å². The fourth-order valence-electron chi connectivity index (χ4n) is 2.64. The zero-order valence-corrected chi connectivity index (χ0v) is 14.3. The fourth-order valence-corrected chi connectivity index (χ4v) is 2.64. The molecule has 0 fully saturated rings. The lowest BCUT2D eigenvalue weighted by Crippen LogP contribution is -2.52. The molecular weight excluding hydrogens is 304 g/mol.